The van der Waals surface area contributed by atoms with Gasteiger partial charge >= 0.3 is 0 Å². The Balaban J connectivity index is 1.68. The number of amides is 1. The van der Waals surface area contributed by atoms with Gasteiger partial charge in [-0.1, -0.05) is 18.2 Å². The van der Waals surface area contributed by atoms with E-state index in [1.54, 1.807) is 0 Å². The van der Waals surface area contributed by atoms with Crippen LogP contribution >= 0.6 is 0 Å². The van der Waals surface area contributed by atoms with Crippen molar-refractivity contribution in [2.45, 2.75) is 13.0 Å². The zero-order chi connectivity index (χ0) is 14.7. The Kier molecular flexibility index (Phi) is 4.01. The fraction of sp³-hybridized carbons (Fsp3) is 0.375. The van der Waals surface area contributed by atoms with Gasteiger partial charge in [0.25, 0.3) is 0 Å². The third-order valence-electron chi connectivity index (χ3n) is 3.80. The van der Waals surface area contributed by atoms with E-state index < -0.39 is 0 Å². The Bertz CT molecular complexity index is 608. The molecule has 0 atom stereocenters. The summed E-state index contributed by atoms with van der Waals surface area (Å²) < 4.78 is 1.88. The number of nitrogens with zero attached hydrogens (tertiary/aromatic N) is 4. The van der Waals surface area contributed by atoms with Crippen molar-refractivity contribution in [3.63, 3.8) is 0 Å². The van der Waals surface area contributed by atoms with Crippen LogP contribution < -0.4 is 0 Å². The third-order valence-corrected chi connectivity index (χ3v) is 3.80. The number of carbonyl (C=O) groups excluding carboxylic acids is 1. The van der Waals surface area contributed by atoms with Crippen LogP contribution in [-0.4, -0.2) is 52.2 Å². The summed E-state index contributed by atoms with van der Waals surface area (Å²) in [6, 6.07) is 12.1. The van der Waals surface area contributed by atoms with Crippen LogP contribution in [0.4, 0.5) is 0 Å². The molecule has 0 spiro atoms. The molecule has 0 unspecified atom stereocenters. The minimum absolute atomic E-state index is 0.190. The van der Waals surface area contributed by atoms with Crippen molar-refractivity contribution in [2.75, 3.05) is 26.7 Å². The Morgan fingerprint density at radius 2 is 1.95 bits per heavy atom. The smallest absolute Gasteiger partial charge is 0.236 e. The summed E-state index contributed by atoms with van der Waals surface area (Å²) in [7, 11) is 1.87. The van der Waals surface area contributed by atoms with Gasteiger partial charge in [-0.3, -0.25) is 9.69 Å². The lowest BCUT2D eigenvalue weighted by molar-refractivity contribution is -0.130. The highest BCUT2D eigenvalue weighted by Crippen LogP contribution is 2.10. The van der Waals surface area contributed by atoms with Gasteiger partial charge in [-0.15, -0.1) is 0 Å². The number of carbonyl (C=O) groups is 1. The van der Waals surface area contributed by atoms with Crippen molar-refractivity contribution < 1.29 is 4.79 Å². The molecule has 2 heterocycles. The Morgan fingerprint density at radius 3 is 2.76 bits per heavy atom. The van der Waals surface area contributed by atoms with Crippen molar-refractivity contribution in [3.05, 3.63) is 48.3 Å². The average molecular weight is 284 g/mol. The fourth-order valence-corrected chi connectivity index (χ4v) is 2.58. The number of hydrogen-bond acceptors (Lipinski definition) is 3. The van der Waals surface area contributed by atoms with Crippen LogP contribution in [0, 0.1) is 0 Å². The van der Waals surface area contributed by atoms with E-state index in [-0.39, 0.29) is 5.91 Å². The zero-order valence-electron chi connectivity index (χ0n) is 12.3. The lowest BCUT2D eigenvalue weighted by atomic mass is 10.3. The molecule has 5 heteroatoms. The average Bonchev–Trinajstić information content (AvgIpc) is 2.90. The minimum Gasteiger partial charge on any atom is -0.345 e. The summed E-state index contributed by atoms with van der Waals surface area (Å²) in [5.74, 6) is 0.190. The lowest BCUT2D eigenvalue weighted by Gasteiger charge is -2.17. The summed E-state index contributed by atoms with van der Waals surface area (Å²) in [5, 5.41) is 4.60. The number of likely N-dealkylation sites (N-methyl/N-ethyl adjacent to an activating group) is 1. The zero-order valence-corrected chi connectivity index (χ0v) is 12.3. The van der Waals surface area contributed by atoms with Gasteiger partial charge in [0, 0.05) is 32.9 Å². The topological polar surface area (TPSA) is 41.4 Å². The molecule has 1 saturated heterocycles. The monoisotopic (exact) mass is 284 g/mol. The SMILES string of the molecule is CN1CCCN(Cc2ccn(-c3ccccc3)n2)CC1=O. The van der Waals surface area contributed by atoms with E-state index in [1.807, 2.05) is 59.2 Å². The highest BCUT2D eigenvalue weighted by molar-refractivity contribution is 5.78. The van der Waals surface area contributed by atoms with Gasteiger partial charge in [-0.2, -0.15) is 5.10 Å². The molecule has 5 nitrogen and oxygen atoms in total. The summed E-state index contributed by atoms with van der Waals surface area (Å²) in [6.45, 7) is 2.98. The molecule has 1 aliphatic heterocycles. The van der Waals surface area contributed by atoms with Crippen molar-refractivity contribution >= 4 is 5.91 Å². The van der Waals surface area contributed by atoms with Crippen LogP contribution in [0.1, 0.15) is 12.1 Å². The van der Waals surface area contributed by atoms with Crippen molar-refractivity contribution in [2.24, 2.45) is 0 Å². The molecule has 1 fully saturated rings. The molecule has 1 aromatic carbocycles. The summed E-state index contributed by atoms with van der Waals surface area (Å²) >= 11 is 0. The molecule has 2 aromatic rings. The lowest BCUT2D eigenvalue weighted by Crippen LogP contribution is -2.34. The molecule has 0 bridgehead atoms. The van der Waals surface area contributed by atoms with Crippen LogP contribution in [0.2, 0.25) is 0 Å². The third kappa shape index (κ3) is 3.31. The molecule has 21 heavy (non-hydrogen) atoms. The predicted molar refractivity (Wildman–Crippen MR) is 81.1 cm³/mol. The molecular weight excluding hydrogens is 264 g/mol. The largest absolute Gasteiger partial charge is 0.345 e. The Labute approximate surface area is 124 Å². The van der Waals surface area contributed by atoms with Gasteiger partial charge in [0.1, 0.15) is 0 Å². The number of hydrogen-bond donors (Lipinski definition) is 0. The predicted octanol–water partition coefficient (Wildman–Crippen LogP) is 1.54. The maximum Gasteiger partial charge on any atom is 0.236 e. The van der Waals surface area contributed by atoms with Gasteiger partial charge in [-0.05, 0) is 24.6 Å². The molecule has 0 N–H and O–H groups in total. The highest BCUT2D eigenvalue weighted by atomic mass is 16.2. The molecular formula is C16H20N4O. The van der Waals surface area contributed by atoms with E-state index in [1.165, 1.54) is 0 Å². The second-order valence-corrected chi connectivity index (χ2v) is 5.47. The van der Waals surface area contributed by atoms with Gasteiger partial charge in [0.15, 0.2) is 0 Å². The van der Waals surface area contributed by atoms with Crippen LogP contribution in [-0.2, 0) is 11.3 Å². The quantitative estimate of drug-likeness (QED) is 0.858. The maximum atomic E-state index is 11.9. The number of rotatable bonds is 3. The van der Waals surface area contributed by atoms with Crippen LogP contribution in [0.3, 0.4) is 0 Å². The molecule has 1 amide bonds. The van der Waals surface area contributed by atoms with Gasteiger partial charge in [0.2, 0.25) is 5.91 Å². The minimum atomic E-state index is 0.190. The van der Waals surface area contributed by atoms with Crippen molar-refractivity contribution in [1.29, 1.82) is 0 Å². The molecule has 110 valence electrons. The number of benzene rings is 1. The van der Waals surface area contributed by atoms with Crippen LogP contribution in [0.25, 0.3) is 5.69 Å². The fourth-order valence-electron chi connectivity index (χ4n) is 2.58. The second kappa shape index (κ2) is 6.10. The van der Waals surface area contributed by atoms with E-state index in [0.717, 1.165) is 37.4 Å². The first kappa shape index (κ1) is 13.8. The van der Waals surface area contributed by atoms with Crippen molar-refractivity contribution in [1.82, 2.24) is 19.6 Å². The normalized spacial score (nSPS) is 17.0. The van der Waals surface area contributed by atoms with Gasteiger partial charge in [0.05, 0.1) is 17.9 Å². The van der Waals surface area contributed by atoms with E-state index >= 15 is 0 Å². The Morgan fingerprint density at radius 1 is 1.14 bits per heavy atom. The van der Waals surface area contributed by atoms with Crippen LogP contribution in [0.15, 0.2) is 42.6 Å². The number of para-hydroxylation sites is 1. The first-order chi connectivity index (χ1) is 10.2. The molecule has 0 aliphatic carbocycles. The summed E-state index contributed by atoms with van der Waals surface area (Å²) in [5.41, 5.74) is 2.05. The van der Waals surface area contributed by atoms with E-state index in [2.05, 4.69) is 10.00 Å². The van der Waals surface area contributed by atoms with E-state index in [9.17, 15) is 4.79 Å². The van der Waals surface area contributed by atoms with E-state index in [4.69, 9.17) is 0 Å². The Hall–Kier alpha value is -2.14. The molecule has 0 saturated carbocycles. The summed E-state index contributed by atoms with van der Waals surface area (Å²) in [4.78, 5) is 15.9. The molecule has 0 radical (unpaired) electrons. The molecule has 1 aromatic heterocycles. The first-order valence-electron chi connectivity index (χ1n) is 7.29. The van der Waals surface area contributed by atoms with Crippen LogP contribution in [0.5, 0.6) is 0 Å². The van der Waals surface area contributed by atoms with E-state index in [0.29, 0.717) is 6.54 Å². The van der Waals surface area contributed by atoms with Gasteiger partial charge in [-0.25, -0.2) is 4.68 Å². The molecule has 3 rings (SSSR count). The molecule has 1 aliphatic rings. The second-order valence-electron chi connectivity index (χ2n) is 5.47. The van der Waals surface area contributed by atoms with Crippen molar-refractivity contribution in [3.8, 4) is 5.69 Å². The maximum absolute atomic E-state index is 11.9. The standard InChI is InChI=1S/C16H20N4O/c1-18-9-5-10-19(13-16(18)21)12-14-8-11-20(17-14)15-6-3-2-4-7-15/h2-4,6-8,11H,5,9-10,12-13H2,1H3. The highest BCUT2D eigenvalue weighted by Gasteiger charge is 2.19. The number of aromatic nitrogens is 2. The van der Waals surface area contributed by atoms with Gasteiger partial charge < -0.3 is 4.90 Å². The summed E-state index contributed by atoms with van der Waals surface area (Å²) in [6.07, 6.45) is 2.98. The first-order valence-corrected chi connectivity index (χ1v) is 7.29.